The van der Waals surface area contributed by atoms with E-state index in [2.05, 4.69) is 10.1 Å². The van der Waals surface area contributed by atoms with Gasteiger partial charge < -0.3 is 10.6 Å². The number of alkyl halides is 3. The van der Waals surface area contributed by atoms with Crippen LogP contribution in [0, 0.1) is 0 Å². The summed E-state index contributed by atoms with van der Waals surface area (Å²) in [4.78, 5) is 16.7. The number of nitrogens with two attached hydrogens (primary N) is 1. The van der Waals surface area contributed by atoms with E-state index in [1.54, 1.807) is 0 Å². The van der Waals surface area contributed by atoms with E-state index in [4.69, 9.17) is 5.73 Å². The molecule has 0 fully saturated rings. The van der Waals surface area contributed by atoms with E-state index in [9.17, 15) is 18.0 Å². The van der Waals surface area contributed by atoms with Gasteiger partial charge in [0.15, 0.2) is 0 Å². The van der Waals surface area contributed by atoms with Gasteiger partial charge in [0.25, 0.3) is 5.91 Å². The highest BCUT2D eigenvalue weighted by atomic mass is 19.4. The lowest BCUT2D eigenvalue weighted by molar-refractivity contribution is -0.140. The lowest BCUT2D eigenvalue weighted by Crippen LogP contribution is -2.41. The Labute approximate surface area is 112 Å². The highest BCUT2D eigenvalue weighted by Crippen LogP contribution is 2.19. The second kappa shape index (κ2) is 5.45. The van der Waals surface area contributed by atoms with Gasteiger partial charge in [0.1, 0.15) is 6.54 Å². The van der Waals surface area contributed by atoms with Crippen LogP contribution in [0.5, 0.6) is 0 Å². The molecule has 108 valence electrons. The summed E-state index contributed by atoms with van der Waals surface area (Å²) >= 11 is 0. The number of hydrogen-bond acceptors (Lipinski definition) is 4. The van der Waals surface area contributed by atoms with E-state index in [1.165, 1.54) is 29.3 Å². The summed E-state index contributed by atoms with van der Waals surface area (Å²) in [5, 5.41) is 3.90. The van der Waals surface area contributed by atoms with Crippen molar-refractivity contribution >= 4 is 11.4 Å². The predicted octanol–water partition coefficient (Wildman–Crippen LogP) is 0.692. The molecular weight excluding hydrogens is 275 g/mol. The van der Waals surface area contributed by atoms with Crippen LogP contribution < -0.4 is 5.73 Å². The third-order valence-electron chi connectivity index (χ3n) is 2.61. The summed E-state index contributed by atoms with van der Waals surface area (Å²) in [6, 6.07) is 0. The highest BCUT2D eigenvalue weighted by molar-refractivity contribution is 6.00. The molecule has 0 radical (unpaired) electrons. The molecule has 20 heavy (non-hydrogen) atoms. The largest absolute Gasteiger partial charge is 0.406 e. The first-order chi connectivity index (χ1) is 9.42. The molecule has 0 saturated heterocycles. The maximum Gasteiger partial charge on any atom is 0.406 e. The van der Waals surface area contributed by atoms with Crippen LogP contribution >= 0.6 is 0 Å². The van der Waals surface area contributed by atoms with Crippen molar-refractivity contribution < 1.29 is 18.0 Å². The molecule has 0 aromatic carbocycles. The molecule has 0 spiro atoms. The van der Waals surface area contributed by atoms with Crippen molar-refractivity contribution in [2.75, 3.05) is 19.6 Å². The first kappa shape index (κ1) is 14.3. The minimum atomic E-state index is -4.48. The van der Waals surface area contributed by atoms with Crippen LogP contribution in [0.25, 0.3) is 5.52 Å². The van der Waals surface area contributed by atoms with Crippen molar-refractivity contribution in [1.29, 1.82) is 0 Å². The molecule has 2 aromatic rings. The van der Waals surface area contributed by atoms with Crippen molar-refractivity contribution in [3.63, 3.8) is 0 Å². The third-order valence-corrected chi connectivity index (χ3v) is 2.61. The topological polar surface area (TPSA) is 76.5 Å². The molecular formula is C11H12F3N5O. The van der Waals surface area contributed by atoms with Crippen LogP contribution in [0.2, 0.25) is 0 Å². The lowest BCUT2D eigenvalue weighted by Gasteiger charge is -2.22. The Bertz CT molecular complexity index is 609. The zero-order valence-electron chi connectivity index (χ0n) is 10.3. The molecule has 0 aliphatic carbocycles. The molecule has 2 N–H and O–H groups in total. The van der Waals surface area contributed by atoms with Crippen LogP contribution in [-0.4, -0.2) is 51.2 Å². The standard InChI is InChI=1S/C11H12F3N5O/c12-11(13,14)7-18(3-1-15)10(20)8-5-17-19-4-2-16-6-9(8)19/h2,4-6H,1,3,7,15H2. The van der Waals surface area contributed by atoms with Gasteiger partial charge >= 0.3 is 6.18 Å². The van der Waals surface area contributed by atoms with Crippen LogP contribution in [0.4, 0.5) is 13.2 Å². The van der Waals surface area contributed by atoms with E-state index in [1.807, 2.05) is 0 Å². The third kappa shape index (κ3) is 3.05. The maximum absolute atomic E-state index is 12.5. The van der Waals surface area contributed by atoms with Crippen LogP contribution in [0.1, 0.15) is 10.4 Å². The molecule has 2 rings (SSSR count). The molecule has 0 bridgehead atoms. The number of fused-ring (bicyclic) bond motifs is 1. The van der Waals surface area contributed by atoms with Gasteiger partial charge in [-0.3, -0.25) is 9.78 Å². The zero-order chi connectivity index (χ0) is 14.8. The van der Waals surface area contributed by atoms with Gasteiger partial charge in [-0.25, -0.2) is 4.52 Å². The summed E-state index contributed by atoms with van der Waals surface area (Å²) in [5.74, 6) is -0.768. The van der Waals surface area contributed by atoms with E-state index in [0.717, 1.165) is 0 Å². The summed E-state index contributed by atoms with van der Waals surface area (Å²) in [6.07, 6.45) is 1.07. The smallest absolute Gasteiger partial charge is 0.329 e. The second-order valence-electron chi connectivity index (χ2n) is 4.09. The number of carbonyl (C=O) groups is 1. The van der Waals surface area contributed by atoms with Crippen molar-refractivity contribution in [2.45, 2.75) is 6.18 Å². The Kier molecular flexibility index (Phi) is 3.89. The predicted molar refractivity (Wildman–Crippen MR) is 64.0 cm³/mol. The molecule has 0 atom stereocenters. The fourth-order valence-electron chi connectivity index (χ4n) is 1.79. The number of amides is 1. The van der Waals surface area contributed by atoms with Crippen LogP contribution in [-0.2, 0) is 0 Å². The van der Waals surface area contributed by atoms with Gasteiger partial charge in [-0.15, -0.1) is 0 Å². The lowest BCUT2D eigenvalue weighted by atomic mass is 10.2. The average molecular weight is 287 g/mol. The first-order valence-corrected chi connectivity index (χ1v) is 5.76. The van der Waals surface area contributed by atoms with E-state index in [-0.39, 0.29) is 18.7 Å². The molecule has 9 heteroatoms. The van der Waals surface area contributed by atoms with Crippen molar-refractivity contribution in [1.82, 2.24) is 19.5 Å². The Morgan fingerprint density at radius 1 is 1.40 bits per heavy atom. The Hall–Kier alpha value is -2.16. The normalized spacial score (nSPS) is 11.8. The van der Waals surface area contributed by atoms with Crippen LogP contribution in [0.3, 0.4) is 0 Å². The minimum Gasteiger partial charge on any atom is -0.329 e. The van der Waals surface area contributed by atoms with Gasteiger partial charge in [0.2, 0.25) is 0 Å². The molecule has 6 nitrogen and oxygen atoms in total. The summed E-state index contributed by atoms with van der Waals surface area (Å²) < 4.78 is 38.8. The highest BCUT2D eigenvalue weighted by Gasteiger charge is 2.33. The number of aromatic nitrogens is 3. The molecule has 2 heterocycles. The molecule has 0 aliphatic rings. The number of nitrogens with zero attached hydrogens (tertiary/aromatic N) is 4. The Balaban J connectivity index is 2.31. The Morgan fingerprint density at radius 2 is 2.15 bits per heavy atom. The van der Waals surface area contributed by atoms with Crippen molar-refractivity contribution in [2.24, 2.45) is 5.73 Å². The summed E-state index contributed by atoms with van der Waals surface area (Å²) in [6.45, 7) is -1.59. The number of carbonyl (C=O) groups excluding carboxylic acids is 1. The van der Waals surface area contributed by atoms with Crippen molar-refractivity contribution in [3.8, 4) is 0 Å². The number of hydrogen-bond donors (Lipinski definition) is 1. The molecule has 2 aromatic heterocycles. The number of rotatable bonds is 4. The SMILES string of the molecule is NCCN(CC(F)(F)F)C(=O)c1cnn2ccncc12. The van der Waals surface area contributed by atoms with Gasteiger partial charge in [0, 0.05) is 25.5 Å². The quantitative estimate of drug-likeness (QED) is 0.897. The maximum atomic E-state index is 12.5. The summed E-state index contributed by atoms with van der Waals surface area (Å²) in [5.41, 5.74) is 5.67. The van der Waals surface area contributed by atoms with Gasteiger partial charge in [-0.1, -0.05) is 0 Å². The van der Waals surface area contributed by atoms with E-state index in [0.29, 0.717) is 10.4 Å². The van der Waals surface area contributed by atoms with Gasteiger partial charge in [-0.2, -0.15) is 18.3 Å². The van der Waals surface area contributed by atoms with Gasteiger partial charge in [0.05, 0.1) is 23.5 Å². The Morgan fingerprint density at radius 3 is 2.80 bits per heavy atom. The average Bonchev–Trinajstić information content (AvgIpc) is 2.79. The molecule has 0 unspecified atom stereocenters. The molecule has 0 aliphatic heterocycles. The van der Waals surface area contributed by atoms with E-state index >= 15 is 0 Å². The van der Waals surface area contributed by atoms with Crippen LogP contribution in [0.15, 0.2) is 24.8 Å². The van der Waals surface area contributed by atoms with Gasteiger partial charge in [-0.05, 0) is 0 Å². The fourth-order valence-corrected chi connectivity index (χ4v) is 1.79. The second-order valence-corrected chi connectivity index (χ2v) is 4.09. The van der Waals surface area contributed by atoms with E-state index < -0.39 is 18.6 Å². The first-order valence-electron chi connectivity index (χ1n) is 5.76. The number of halogens is 3. The molecule has 1 amide bonds. The monoisotopic (exact) mass is 287 g/mol. The zero-order valence-corrected chi connectivity index (χ0v) is 10.3. The fraction of sp³-hybridized carbons (Fsp3) is 0.364. The minimum absolute atomic E-state index is 0.0563. The molecule has 0 saturated carbocycles. The summed E-state index contributed by atoms with van der Waals surface area (Å²) in [7, 11) is 0. The van der Waals surface area contributed by atoms with Crippen molar-refractivity contribution in [3.05, 3.63) is 30.4 Å².